The molecule has 21 heavy (non-hydrogen) atoms. The Hall–Kier alpha value is -2.02. The molecule has 1 aromatic heterocycles. The van der Waals surface area contributed by atoms with E-state index < -0.39 is 11.7 Å². The molecule has 0 radical (unpaired) electrons. The van der Waals surface area contributed by atoms with Crippen LogP contribution < -0.4 is 11.1 Å². The highest BCUT2D eigenvalue weighted by Gasteiger charge is 2.16. The minimum atomic E-state index is -0.575. The topological polar surface area (TPSA) is 80.9 Å². The fourth-order valence-corrected chi connectivity index (χ4v) is 2.00. The lowest BCUT2D eigenvalue weighted by Crippen LogP contribution is -2.18. The number of hydrogen-bond donors (Lipinski definition) is 2. The number of halogens is 2. The molecular weight excluding hydrogens is 339 g/mol. The van der Waals surface area contributed by atoms with Crippen LogP contribution in [-0.4, -0.2) is 15.9 Å². The first-order valence-corrected chi connectivity index (χ1v) is 7.06. The number of carbonyl (C=O) groups excluding carboxylic acids is 1. The molecular formula is C14H14BrFN4O. The molecule has 5 nitrogen and oxygen atoms in total. The number of hydrogen-bond acceptors (Lipinski definition) is 4. The number of amides is 1. The van der Waals surface area contributed by atoms with Gasteiger partial charge in [0.15, 0.2) is 5.69 Å². The minimum absolute atomic E-state index is 0.0353. The molecule has 0 saturated heterocycles. The van der Waals surface area contributed by atoms with E-state index in [-0.39, 0.29) is 23.0 Å². The summed E-state index contributed by atoms with van der Waals surface area (Å²) in [7, 11) is 0. The summed E-state index contributed by atoms with van der Waals surface area (Å²) in [5.41, 5.74) is 5.96. The molecule has 0 bridgehead atoms. The van der Waals surface area contributed by atoms with Crippen molar-refractivity contribution in [2.75, 3.05) is 11.1 Å². The number of nitrogen functional groups attached to an aromatic ring is 1. The SMILES string of the molecule is CC(C)c1ncc(N)c(C(=O)Nc2cc(Br)ccc2F)n1. The van der Waals surface area contributed by atoms with Gasteiger partial charge in [0.2, 0.25) is 0 Å². The lowest BCUT2D eigenvalue weighted by atomic mass is 10.2. The van der Waals surface area contributed by atoms with Crippen molar-refractivity contribution in [1.29, 1.82) is 0 Å². The van der Waals surface area contributed by atoms with Crippen LogP contribution in [-0.2, 0) is 0 Å². The molecule has 3 N–H and O–H groups in total. The van der Waals surface area contributed by atoms with E-state index in [9.17, 15) is 9.18 Å². The summed E-state index contributed by atoms with van der Waals surface area (Å²) < 4.78 is 14.3. The van der Waals surface area contributed by atoms with Gasteiger partial charge in [-0.15, -0.1) is 0 Å². The Balaban J connectivity index is 2.32. The Morgan fingerprint density at radius 1 is 1.43 bits per heavy atom. The van der Waals surface area contributed by atoms with Crippen LogP contribution in [0, 0.1) is 5.82 Å². The van der Waals surface area contributed by atoms with Crippen molar-refractivity contribution < 1.29 is 9.18 Å². The maximum atomic E-state index is 13.7. The van der Waals surface area contributed by atoms with Gasteiger partial charge >= 0.3 is 0 Å². The molecule has 1 aromatic carbocycles. The van der Waals surface area contributed by atoms with Crippen molar-refractivity contribution in [2.45, 2.75) is 19.8 Å². The molecule has 1 amide bonds. The summed E-state index contributed by atoms with van der Waals surface area (Å²) >= 11 is 3.22. The Labute approximate surface area is 129 Å². The number of aromatic nitrogens is 2. The second kappa shape index (κ2) is 6.17. The van der Waals surface area contributed by atoms with Crippen molar-refractivity contribution in [3.63, 3.8) is 0 Å². The van der Waals surface area contributed by atoms with Gasteiger partial charge in [0.05, 0.1) is 17.6 Å². The first-order valence-electron chi connectivity index (χ1n) is 6.27. The van der Waals surface area contributed by atoms with Gasteiger partial charge in [0.1, 0.15) is 11.6 Å². The first-order chi connectivity index (χ1) is 9.88. The summed E-state index contributed by atoms with van der Waals surface area (Å²) in [6.07, 6.45) is 1.38. The lowest BCUT2D eigenvalue weighted by molar-refractivity contribution is 0.102. The van der Waals surface area contributed by atoms with Crippen LogP contribution in [0.3, 0.4) is 0 Å². The third-order valence-electron chi connectivity index (χ3n) is 2.74. The zero-order chi connectivity index (χ0) is 15.6. The highest BCUT2D eigenvalue weighted by molar-refractivity contribution is 9.10. The van der Waals surface area contributed by atoms with Crippen LogP contribution in [0.2, 0.25) is 0 Å². The number of carbonyl (C=O) groups is 1. The average Bonchev–Trinajstić information content (AvgIpc) is 2.43. The number of anilines is 2. The van der Waals surface area contributed by atoms with Gasteiger partial charge in [-0.05, 0) is 18.2 Å². The molecule has 0 fully saturated rings. The zero-order valence-electron chi connectivity index (χ0n) is 11.5. The van der Waals surface area contributed by atoms with Crippen LogP contribution >= 0.6 is 15.9 Å². The zero-order valence-corrected chi connectivity index (χ0v) is 13.1. The van der Waals surface area contributed by atoms with E-state index in [0.29, 0.717) is 10.3 Å². The van der Waals surface area contributed by atoms with Crippen molar-refractivity contribution in [2.24, 2.45) is 0 Å². The fraction of sp³-hybridized carbons (Fsp3) is 0.214. The highest BCUT2D eigenvalue weighted by Crippen LogP contribution is 2.21. The molecule has 7 heteroatoms. The van der Waals surface area contributed by atoms with E-state index in [0.717, 1.165) is 0 Å². The number of nitrogens with zero attached hydrogens (tertiary/aromatic N) is 2. The molecule has 110 valence electrons. The molecule has 0 aliphatic rings. The van der Waals surface area contributed by atoms with Gasteiger partial charge in [0, 0.05) is 10.4 Å². The molecule has 1 heterocycles. The standard InChI is InChI=1S/C14H14BrFN4O/c1-7(2)13-18-6-10(17)12(20-13)14(21)19-11-5-8(15)3-4-9(11)16/h3-7H,17H2,1-2H3,(H,19,21). The molecule has 2 aromatic rings. The van der Waals surface area contributed by atoms with Gasteiger partial charge < -0.3 is 11.1 Å². The molecule has 0 atom stereocenters. The summed E-state index contributed by atoms with van der Waals surface area (Å²) in [6, 6.07) is 4.26. The van der Waals surface area contributed by atoms with Crippen LogP contribution in [0.1, 0.15) is 36.1 Å². The van der Waals surface area contributed by atoms with E-state index in [2.05, 4.69) is 31.2 Å². The van der Waals surface area contributed by atoms with Crippen LogP contribution in [0.25, 0.3) is 0 Å². The summed E-state index contributed by atoms with van der Waals surface area (Å²) in [5, 5.41) is 2.46. The highest BCUT2D eigenvalue weighted by atomic mass is 79.9. The quantitative estimate of drug-likeness (QED) is 0.887. The second-order valence-electron chi connectivity index (χ2n) is 4.77. The molecule has 0 aliphatic carbocycles. The van der Waals surface area contributed by atoms with Gasteiger partial charge in [-0.3, -0.25) is 4.79 Å². The Bertz CT molecular complexity index is 691. The summed E-state index contributed by atoms with van der Waals surface area (Å²) in [6.45, 7) is 3.81. The van der Waals surface area contributed by atoms with Crippen molar-refractivity contribution in [1.82, 2.24) is 9.97 Å². The van der Waals surface area contributed by atoms with Gasteiger partial charge in [-0.1, -0.05) is 29.8 Å². The number of benzene rings is 1. The normalized spacial score (nSPS) is 10.7. The van der Waals surface area contributed by atoms with E-state index >= 15 is 0 Å². The van der Waals surface area contributed by atoms with Gasteiger partial charge in [-0.2, -0.15) is 0 Å². The number of nitrogens with two attached hydrogens (primary N) is 1. The van der Waals surface area contributed by atoms with E-state index in [4.69, 9.17) is 5.73 Å². The Morgan fingerprint density at radius 2 is 2.14 bits per heavy atom. The predicted molar refractivity (Wildman–Crippen MR) is 82.6 cm³/mol. The number of rotatable bonds is 3. The number of nitrogens with one attached hydrogen (secondary N) is 1. The van der Waals surface area contributed by atoms with E-state index in [1.807, 2.05) is 13.8 Å². The maximum absolute atomic E-state index is 13.7. The molecule has 0 spiro atoms. The molecule has 0 aliphatic heterocycles. The molecule has 2 rings (SSSR count). The van der Waals surface area contributed by atoms with Crippen LogP contribution in [0.4, 0.5) is 15.8 Å². The third kappa shape index (κ3) is 3.55. The molecule has 0 saturated carbocycles. The Kier molecular flexibility index (Phi) is 4.52. The molecule has 0 unspecified atom stereocenters. The van der Waals surface area contributed by atoms with Gasteiger partial charge in [0.25, 0.3) is 5.91 Å². The Morgan fingerprint density at radius 3 is 2.81 bits per heavy atom. The van der Waals surface area contributed by atoms with Crippen LogP contribution in [0.5, 0.6) is 0 Å². The second-order valence-corrected chi connectivity index (χ2v) is 5.68. The summed E-state index contributed by atoms with van der Waals surface area (Å²) in [5.74, 6) is -0.555. The monoisotopic (exact) mass is 352 g/mol. The van der Waals surface area contributed by atoms with Crippen molar-refractivity contribution in [3.8, 4) is 0 Å². The minimum Gasteiger partial charge on any atom is -0.396 e. The van der Waals surface area contributed by atoms with Crippen molar-refractivity contribution >= 4 is 33.2 Å². The first kappa shape index (κ1) is 15.4. The van der Waals surface area contributed by atoms with Crippen LogP contribution in [0.15, 0.2) is 28.9 Å². The average molecular weight is 353 g/mol. The smallest absolute Gasteiger partial charge is 0.276 e. The van der Waals surface area contributed by atoms with E-state index in [1.54, 1.807) is 6.07 Å². The van der Waals surface area contributed by atoms with Crippen molar-refractivity contribution in [3.05, 3.63) is 46.2 Å². The van der Waals surface area contributed by atoms with Gasteiger partial charge in [-0.25, -0.2) is 14.4 Å². The fourth-order valence-electron chi connectivity index (χ4n) is 1.64. The third-order valence-corrected chi connectivity index (χ3v) is 3.24. The summed E-state index contributed by atoms with van der Waals surface area (Å²) in [4.78, 5) is 20.4. The lowest BCUT2D eigenvalue weighted by Gasteiger charge is -2.10. The maximum Gasteiger partial charge on any atom is 0.276 e. The van der Waals surface area contributed by atoms with E-state index in [1.165, 1.54) is 18.3 Å². The predicted octanol–water partition coefficient (Wildman–Crippen LogP) is 3.34. The largest absolute Gasteiger partial charge is 0.396 e.